The van der Waals surface area contributed by atoms with Crippen LogP contribution in [0.15, 0.2) is 36.4 Å². The van der Waals surface area contributed by atoms with Crippen molar-refractivity contribution < 1.29 is 19.0 Å². The van der Waals surface area contributed by atoms with Gasteiger partial charge in [-0.25, -0.2) is 4.79 Å². The smallest absolute Gasteiger partial charge is 0.337 e. The fourth-order valence-electron chi connectivity index (χ4n) is 2.52. The Balaban J connectivity index is 1.92. The average molecular weight is 388 g/mol. The van der Waals surface area contributed by atoms with Crippen molar-refractivity contribution in [2.75, 3.05) is 33.2 Å². The van der Waals surface area contributed by atoms with Gasteiger partial charge < -0.3 is 24.8 Å². The molecule has 0 aromatic heterocycles. The number of hydrogen-bond donors (Lipinski definition) is 2. The molecule has 144 valence electrons. The first kappa shape index (κ1) is 20.5. The second-order valence-corrected chi connectivity index (χ2v) is 6.25. The van der Waals surface area contributed by atoms with Gasteiger partial charge in [-0.3, -0.25) is 0 Å². The van der Waals surface area contributed by atoms with Gasteiger partial charge in [0.15, 0.2) is 16.6 Å². The minimum atomic E-state index is -0.384. The summed E-state index contributed by atoms with van der Waals surface area (Å²) in [6.07, 6.45) is 0.767. The van der Waals surface area contributed by atoms with Crippen molar-refractivity contribution in [3.05, 3.63) is 53.1 Å². The van der Waals surface area contributed by atoms with Crippen molar-refractivity contribution in [3.63, 3.8) is 0 Å². The third kappa shape index (κ3) is 5.59. The predicted molar refractivity (Wildman–Crippen MR) is 110 cm³/mol. The molecule has 0 spiro atoms. The number of benzene rings is 2. The minimum Gasteiger partial charge on any atom is -0.493 e. The Morgan fingerprint density at radius 1 is 1.04 bits per heavy atom. The molecule has 0 radical (unpaired) electrons. The van der Waals surface area contributed by atoms with Crippen molar-refractivity contribution in [3.8, 4) is 11.5 Å². The standard InChI is InChI=1S/C20H24N2O4S/c1-13-5-7-15(19(23)26-4)12-16(13)22-20(27)21-10-9-14-6-8-17(24-2)18(11-14)25-3/h5-8,11-12H,9-10H2,1-4H3,(H2,21,22,27). The summed E-state index contributed by atoms with van der Waals surface area (Å²) in [5.74, 6) is 1.02. The molecule has 0 heterocycles. The lowest BCUT2D eigenvalue weighted by Gasteiger charge is -2.14. The molecule has 7 heteroatoms. The summed E-state index contributed by atoms with van der Waals surface area (Å²) in [6.45, 7) is 2.59. The Bertz CT molecular complexity index is 824. The Kier molecular flexibility index (Phi) is 7.43. The monoisotopic (exact) mass is 388 g/mol. The molecule has 2 aromatic rings. The maximum absolute atomic E-state index is 11.7. The van der Waals surface area contributed by atoms with Gasteiger partial charge >= 0.3 is 5.97 Å². The molecule has 0 saturated heterocycles. The van der Waals surface area contributed by atoms with Crippen LogP contribution in [-0.4, -0.2) is 39.0 Å². The normalized spacial score (nSPS) is 10.1. The summed E-state index contributed by atoms with van der Waals surface area (Å²) in [5, 5.41) is 6.78. The molecule has 2 aromatic carbocycles. The van der Waals surface area contributed by atoms with E-state index in [4.69, 9.17) is 26.4 Å². The highest BCUT2D eigenvalue weighted by atomic mass is 32.1. The first-order valence-electron chi connectivity index (χ1n) is 8.43. The number of anilines is 1. The van der Waals surface area contributed by atoms with E-state index in [0.717, 1.165) is 23.2 Å². The van der Waals surface area contributed by atoms with Crippen LogP contribution in [0.2, 0.25) is 0 Å². The van der Waals surface area contributed by atoms with Gasteiger partial charge in [0.1, 0.15) is 0 Å². The molecule has 2 N–H and O–H groups in total. The summed E-state index contributed by atoms with van der Waals surface area (Å²) >= 11 is 5.35. The van der Waals surface area contributed by atoms with Gasteiger partial charge in [-0.1, -0.05) is 12.1 Å². The summed E-state index contributed by atoms with van der Waals surface area (Å²) in [5.41, 5.74) is 3.32. The number of ether oxygens (including phenoxy) is 3. The van der Waals surface area contributed by atoms with Gasteiger partial charge in [0, 0.05) is 12.2 Å². The lowest BCUT2D eigenvalue weighted by molar-refractivity contribution is 0.0601. The number of aryl methyl sites for hydroxylation is 1. The number of carbonyl (C=O) groups excluding carboxylic acids is 1. The maximum atomic E-state index is 11.7. The number of thiocarbonyl (C=S) groups is 1. The van der Waals surface area contributed by atoms with Crippen LogP contribution in [0, 0.1) is 6.92 Å². The SMILES string of the molecule is COC(=O)c1ccc(C)c(NC(=S)NCCc2ccc(OC)c(OC)c2)c1. The molecule has 0 unspecified atom stereocenters. The molecule has 0 aliphatic rings. The Labute approximate surface area is 164 Å². The van der Waals surface area contributed by atoms with Crippen LogP contribution >= 0.6 is 12.2 Å². The van der Waals surface area contributed by atoms with E-state index < -0.39 is 0 Å². The number of methoxy groups -OCH3 is 3. The Hall–Kier alpha value is -2.80. The lowest BCUT2D eigenvalue weighted by atomic mass is 10.1. The highest BCUT2D eigenvalue weighted by molar-refractivity contribution is 7.80. The van der Waals surface area contributed by atoms with Crippen molar-refractivity contribution in [2.45, 2.75) is 13.3 Å². The van der Waals surface area contributed by atoms with E-state index in [0.29, 0.717) is 28.7 Å². The highest BCUT2D eigenvalue weighted by Gasteiger charge is 2.09. The zero-order chi connectivity index (χ0) is 19.8. The second kappa shape index (κ2) is 9.78. The largest absolute Gasteiger partial charge is 0.493 e. The van der Waals surface area contributed by atoms with E-state index in [-0.39, 0.29) is 5.97 Å². The van der Waals surface area contributed by atoms with Crippen LogP contribution < -0.4 is 20.1 Å². The molecular weight excluding hydrogens is 364 g/mol. The molecular formula is C20H24N2O4S. The first-order chi connectivity index (χ1) is 13.0. The maximum Gasteiger partial charge on any atom is 0.337 e. The van der Waals surface area contributed by atoms with E-state index in [1.807, 2.05) is 31.2 Å². The van der Waals surface area contributed by atoms with Gasteiger partial charge in [0.25, 0.3) is 0 Å². The van der Waals surface area contributed by atoms with Crippen LogP contribution in [-0.2, 0) is 11.2 Å². The summed E-state index contributed by atoms with van der Waals surface area (Å²) < 4.78 is 15.3. The number of hydrogen-bond acceptors (Lipinski definition) is 5. The molecule has 27 heavy (non-hydrogen) atoms. The van der Waals surface area contributed by atoms with E-state index in [1.54, 1.807) is 26.4 Å². The summed E-state index contributed by atoms with van der Waals surface area (Å²) in [7, 11) is 4.58. The fraction of sp³-hybridized carbons (Fsp3) is 0.300. The number of carbonyl (C=O) groups is 1. The lowest BCUT2D eigenvalue weighted by Crippen LogP contribution is -2.30. The average Bonchev–Trinajstić information content (AvgIpc) is 2.68. The molecule has 0 fully saturated rings. The van der Waals surface area contributed by atoms with Crippen LogP contribution in [0.25, 0.3) is 0 Å². The van der Waals surface area contributed by atoms with Crippen LogP contribution in [0.3, 0.4) is 0 Å². The van der Waals surface area contributed by atoms with Crippen molar-refractivity contribution >= 4 is 29.0 Å². The van der Waals surface area contributed by atoms with Gasteiger partial charge in [0.2, 0.25) is 0 Å². The number of nitrogens with one attached hydrogen (secondary N) is 2. The molecule has 0 bridgehead atoms. The van der Waals surface area contributed by atoms with Crippen LogP contribution in [0.1, 0.15) is 21.5 Å². The van der Waals surface area contributed by atoms with Gasteiger partial charge in [-0.15, -0.1) is 0 Å². The predicted octanol–water partition coefficient (Wildman–Crippen LogP) is 3.33. The van der Waals surface area contributed by atoms with Crippen LogP contribution in [0.5, 0.6) is 11.5 Å². The first-order valence-corrected chi connectivity index (χ1v) is 8.84. The second-order valence-electron chi connectivity index (χ2n) is 5.84. The summed E-state index contributed by atoms with van der Waals surface area (Å²) in [6, 6.07) is 11.1. The van der Waals surface area contributed by atoms with Crippen molar-refractivity contribution in [1.82, 2.24) is 5.32 Å². The highest BCUT2D eigenvalue weighted by Crippen LogP contribution is 2.27. The third-order valence-electron chi connectivity index (χ3n) is 4.05. The molecule has 0 amide bonds. The Morgan fingerprint density at radius 2 is 1.78 bits per heavy atom. The molecule has 0 aliphatic carbocycles. The zero-order valence-electron chi connectivity index (χ0n) is 15.9. The summed E-state index contributed by atoms with van der Waals surface area (Å²) in [4.78, 5) is 11.7. The van der Waals surface area contributed by atoms with Crippen molar-refractivity contribution in [1.29, 1.82) is 0 Å². The zero-order valence-corrected chi connectivity index (χ0v) is 16.7. The number of esters is 1. The number of rotatable bonds is 7. The molecule has 2 rings (SSSR count). The third-order valence-corrected chi connectivity index (χ3v) is 4.30. The molecule has 6 nitrogen and oxygen atoms in total. The Morgan fingerprint density at radius 3 is 2.44 bits per heavy atom. The van der Waals surface area contributed by atoms with Gasteiger partial charge in [-0.05, 0) is 61.0 Å². The minimum absolute atomic E-state index is 0.384. The van der Waals surface area contributed by atoms with E-state index in [1.165, 1.54) is 7.11 Å². The van der Waals surface area contributed by atoms with Gasteiger partial charge in [-0.2, -0.15) is 0 Å². The molecule has 0 aliphatic heterocycles. The quantitative estimate of drug-likeness (QED) is 0.557. The van der Waals surface area contributed by atoms with Crippen LogP contribution in [0.4, 0.5) is 5.69 Å². The molecule has 0 atom stereocenters. The topological polar surface area (TPSA) is 68.8 Å². The fourth-order valence-corrected chi connectivity index (χ4v) is 2.74. The molecule has 0 saturated carbocycles. The van der Waals surface area contributed by atoms with Gasteiger partial charge in [0.05, 0.1) is 26.9 Å². The van der Waals surface area contributed by atoms with E-state index in [9.17, 15) is 4.79 Å². The van der Waals surface area contributed by atoms with Crippen molar-refractivity contribution in [2.24, 2.45) is 0 Å². The van der Waals surface area contributed by atoms with E-state index in [2.05, 4.69) is 10.6 Å². The van der Waals surface area contributed by atoms with E-state index >= 15 is 0 Å².